The van der Waals surface area contributed by atoms with E-state index in [0.29, 0.717) is 6.54 Å². The van der Waals surface area contributed by atoms with E-state index in [1.807, 2.05) is 7.05 Å². The van der Waals surface area contributed by atoms with Crippen molar-refractivity contribution < 1.29 is 4.79 Å². The van der Waals surface area contributed by atoms with E-state index in [9.17, 15) is 4.79 Å². The summed E-state index contributed by atoms with van der Waals surface area (Å²) < 4.78 is 0. The number of rotatable bonds is 5. The molecule has 0 radical (unpaired) electrons. The summed E-state index contributed by atoms with van der Waals surface area (Å²) in [5.74, 6) is -0.125. The number of amides is 1. The topological polar surface area (TPSA) is 92.9 Å². The van der Waals surface area contributed by atoms with E-state index in [4.69, 9.17) is 5.73 Å². The third-order valence-electron chi connectivity index (χ3n) is 1.83. The average Bonchev–Trinajstić information content (AvgIpc) is 2.25. The van der Waals surface area contributed by atoms with Gasteiger partial charge in [0.25, 0.3) is 5.91 Å². The molecule has 0 saturated heterocycles. The third kappa shape index (κ3) is 6.25. The molecule has 0 fully saturated rings. The molecule has 1 heterocycles. The Bertz CT molecular complexity index is 337. The standard InChI is InChI=1S/C9H15N5O.2ClH/c1-11-3-2-4-14-9(15)7-8(10)13-6-5-12-7;;/h5-6,11H,2-4H2,1H3,(H2,10,13)(H,14,15);2*1H. The van der Waals surface area contributed by atoms with Crippen LogP contribution < -0.4 is 16.4 Å². The van der Waals surface area contributed by atoms with E-state index >= 15 is 0 Å². The van der Waals surface area contributed by atoms with Crippen molar-refractivity contribution in [1.82, 2.24) is 20.6 Å². The summed E-state index contributed by atoms with van der Waals surface area (Å²) in [6.45, 7) is 1.45. The molecule has 17 heavy (non-hydrogen) atoms. The summed E-state index contributed by atoms with van der Waals surface area (Å²) in [7, 11) is 1.86. The number of carbonyl (C=O) groups is 1. The quantitative estimate of drug-likeness (QED) is 0.673. The van der Waals surface area contributed by atoms with Crippen LogP contribution in [0.4, 0.5) is 5.82 Å². The maximum absolute atomic E-state index is 11.5. The van der Waals surface area contributed by atoms with Crippen LogP contribution in [0.25, 0.3) is 0 Å². The van der Waals surface area contributed by atoms with Crippen molar-refractivity contribution in [3.05, 3.63) is 18.1 Å². The molecule has 0 spiro atoms. The molecule has 0 bridgehead atoms. The van der Waals surface area contributed by atoms with Crippen LogP contribution in [0.1, 0.15) is 16.9 Å². The van der Waals surface area contributed by atoms with Gasteiger partial charge in [0.2, 0.25) is 0 Å². The van der Waals surface area contributed by atoms with Gasteiger partial charge in [-0.25, -0.2) is 9.97 Å². The summed E-state index contributed by atoms with van der Waals surface area (Å²) in [4.78, 5) is 19.2. The highest BCUT2D eigenvalue weighted by Crippen LogP contribution is 2.01. The highest BCUT2D eigenvalue weighted by Gasteiger charge is 2.10. The molecule has 4 N–H and O–H groups in total. The first-order valence-corrected chi connectivity index (χ1v) is 4.75. The summed E-state index contributed by atoms with van der Waals surface area (Å²) in [5, 5.41) is 5.70. The number of hydrogen-bond acceptors (Lipinski definition) is 5. The van der Waals surface area contributed by atoms with Gasteiger partial charge in [0.1, 0.15) is 0 Å². The molecule has 8 heteroatoms. The first kappa shape index (κ1) is 18.3. The Morgan fingerprint density at radius 2 is 1.94 bits per heavy atom. The van der Waals surface area contributed by atoms with Crippen LogP contribution in [0.3, 0.4) is 0 Å². The molecule has 0 atom stereocenters. The Balaban J connectivity index is 0. The van der Waals surface area contributed by atoms with Crippen LogP contribution >= 0.6 is 24.8 Å². The average molecular weight is 282 g/mol. The van der Waals surface area contributed by atoms with E-state index in [2.05, 4.69) is 20.6 Å². The molecule has 0 aliphatic carbocycles. The largest absolute Gasteiger partial charge is 0.382 e. The number of nitrogen functional groups attached to an aromatic ring is 1. The zero-order chi connectivity index (χ0) is 11.1. The Hall–Kier alpha value is -1.11. The highest BCUT2D eigenvalue weighted by molar-refractivity contribution is 5.96. The SMILES string of the molecule is CNCCCNC(=O)c1nccnc1N.Cl.Cl. The summed E-state index contributed by atoms with van der Waals surface area (Å²) in [6, 6.07) is 0. The molecule has 0 unspecified atom stereocenters. The van der Waals surface area contributed by atoms with Crippen LogP contribution in [0.2, 0.25) is 0 Å². The van der Waals surface area contributed by atoms with Crippen LogP contribution in [-0.4, -0.2) is 36.0 Å². The van der Waals surface area contributed by atoms with E-state index in [1.165, 1.54) is 12.4 Å². The van der Waals surface area contributed by atoms with Crippen molar-refractivity contribution >= 4 is 36.5 Å². The highest BCUT2D eigenvalue weighted by atomic mass is 35.5. The first-order valence-electron chi connectivity index (χ1n) is 4.75. The fourth-order valence-corrected chi connectivity index (χ4v) is 1.07. The molecule has 0 aliphatic rings. The molecule has 0 aromatic carbocycles. The van der Waals surface area contributed by atoms with Crippen molar-refractivity contribution in [3.63, 3.8) is 0 Å². The number of carbonyl (C=O) groups excluding carboxylic acids is 1. The normalized spacial score (nSPS) is 8.76. The predicted molar refractivity (Wildman–Crippen MR) is 71.8 cm³/mol. The summed E-state index contributed by atoms with van der Waals surface area (Å²) in [6.07, 6.45) is 3.76. The summed E-state index contributed by atoms with van der Waals surface area (Å²) >= 11 is 0. The molecule has 0 saturated carbocycles. The molecule has 1 rings (SSSR count). The number of nitrogens with zero attached hydrogens (tertiary/aromatic N) is 2. The lowest BCUT2D eigenvalue weighted by Crippen LogP contribution is -2.28. The molecule has 1 aromatic rings. The van der Waals surface area contributed by atoms with Gasteiger partial charge in [-0.2, -0.15) is 0 Å². The number of anilines is 1. The number of nitrogens with two attached hydrogens (primary N) is 1. The Morgan fingerprint density at radius 1 is 1.29 bits per heavy atom. The van der Waals surface area contributed by atoms with Crippen molar-refractivity contribution in [2.75, 3.05) is 25.9 Å². The van der Waals surface area contributed by atoms with Gasteiger partial charge in [-0.1, -0.05) is 0 Å². The van der Waals surface area contributed by atoms with Gasteiger partial charge in [-0.15, -0.1) is 24.8 Å². The minimum atomic E-state index is -0.281. The molecule has 1 aromatic heterocycles. The van der Waals surface area contributed by atoms with Crippen molar-refractivity contribution in [3.8, 4) is 0 Å². The smallest absolute Gasteiger partial charge is 0.273 e. The van der Waals surface area contributed by atoms with E-state index in [0.717, 1.165) is 13.0 Å². The monoisotopic (exact) mass is 281 g/mol. The Morgan fingerprint density at radius 3 is 2.53 bits per heavy atom. The molecule has 0 aliphatic heterocycles. The van der Waals surface area contributed by atoms with E-state index in [1.54, 1.807) is 0 Å². The van der Waals surface area contributed by atoms with Gasteiger partial charge in [0, 0.05) is 18.9 Å². The maximum atomic E-state index is 11.5. The maximum Gasteiger partial charge on any atom is 0.273 e. The number of hydrogen-bond donors (Lipinski definition) is 3. The molecule has 6 nitrogen and oxygen atoms in total. The van der Waals surface area contributed by atoms with Crippen molar-refractivity contribution in [1.29, 1.82) is 0 Å². The lowest BCUT2D eigenvalue weighted by atomic mass is 10.3. The molecular weight excluding hydrogens is 265 g/mol. The van der Waals surface area contributed by atoms with Gasteiger partial charge in [0.15, 0.2) is 11.5 Å². The van der Waals surface area contributed by atoms with Crippen LogP contribution in [-0.2, 0) is 0 Å². The fourth-order valence-electron chi connectivity index (χ4n) is 1.07. The minimum absolute atomic E-state index is 0. The van der Waals surface area contributed by atoms with E-state index in [-0.39, 0.29) is 42.2 Å². The number of aromatic nitrogens is 2. The van der Waals surface area contributed by atoms with Crippen LogP contribution in [0.15, 0.2) is 12.4 Å². The van der Waals surface area contributed by atoms with Gasteiger partial charge in [-0.05, 0) is 20.0 Å². The minimum Gasteiger partial charge on any atom is -0.382 e. The van der Waals surface area contributed by atoms with Crippen molar-refractivity contribution in [2.45, 2.75) is 6.42 Å². The molecular formula is C9H17Cl2N5O. The molecule has 1 amide bonds. The fraction of sp³-hybridized carbons (Fsp3) is 0.444. The van der Waals surface area contributed by atoms with Gasteiger partial charge in [0.05, 0.1) is 0 Å². The number of halogens is 2. The van der Waals surface area contributed by atoms with Gasteiger partial charge >= 0.3 is 0 Å². The van der Waals surface area contributed by atoms with Crippen molar-refractivity contribution in [2.24, 2.45) is 0 Å². The zero-order valence-corrected chi connectivity index (χ0v) is 11.1. The summed E-state index contributed by atoms with van der Waals surface area (Å²) in [5.41, 5.74) is 5.69. The lowest BCUT2D eigenvalue weighted by Gasteiger charge is -2.05. The Kier molecular flexibility index (Phi) is 10.8. The van der Waals surface area contributed by atoms with Gasteiger partial charge < -0.3 is 16.4 Å². The van der Waals surface area contributed by atoms with Gasteiger partial charge in [-0.3, -0.25) is 4.79 Å². The second-order valence-corrected chi connectivity index (χ2v) is 3.00. The Labute approximate surface area is 113 Å². The first-order chi connectivity index (χ1) is 7.25. The third-order valence-corrected chi connectivity index (χ3v) is 1.83. The van der Waals surface area contributed by atoms with Crippen LogP contribution in [0, 0.1) is 0 Å². The second-order valence-electron chi connectivity index (χ2n) is 3.00. The second kappa shape index (κ2) is 10.1. The number of nitrogens with one attached hydrogen (secondary N) is 2. The molecule has 98 valence electrons. The zero-order valence-electron chi connectivity index (χ0n) is 9.47. The van der Waals surface area contributed by atoms with E-state index < -0.39 is 0 Å². The lowest BCUT2D eigenvalue weighted by molar-refractivity contribution is 0.0949. The van der Waals surface area contributed by atoms with Crippen LogP contribution in [0.5, 0.6) is 0 Å². The predicted octanol–water partition coefficient (Wildman–Crippen LogP) is 0.242.